The third-order valence-corrected chi connectivity index (χ3v) is 5.20. The van der Waals surface area contributed by atoms with E-state index in [-0.39, 0.29) is 29.3 Å². The molecule has 174 valence electrons. The van der Waals surface area contributed by atoms with E-state index < -0.39 is 40.9 Å². The normalized spacial score (nSPS) is 20.2. The number of alkyl halides is 6. The Labute approximate surface area is 182 Å². The molecule has 0 radical (unpaired) electrons. The van der Waals surface area contributed by atoms with Gasteiger partial charge in [-0.2, -0.15) is 26.3 Å². The molecule has 1 aliphatic carbocycles. The van der Waals surface area contributed by atoms with Crippen molar-refractivity contribution in [3.8, 4) is 11.8 Å². The molecule has 4 rings (SSSR count). The molecular formula is C20H15F6N5O2. The summed E-state index contributed by atoms with van der Waals surface area (Å²) in [4.78, 5) is 27.5. The van der Waals surface area contributed by atoms with Crippen molar-refractivity contribution in [1.82, 2.24) is 14.9 Å². The lowest BCUT2D eigenvalue weighted by molar-refractivity contribution is -0.178. The Bertz CT molecular complexity index is 1250. The average Bonchev–Trinajstić information content (AvgIpc) is 3.52. The summed E-state index contributed by atoms with van der Waals surface area (Å²) in [7, 11) is 0. The topological polar surface area (TPSA) is 102 Å². The molecule has 2 aliphatic rings. The molecule has 7 nitrogen and oxygen atoms in total. The van der Waals surface area contributed by atoms with Gasteiger partial charge in [-0.1, -0.05) is 24.0 Å². The van der Waals surface area contributed by atoms with E-state index in [1.165, 1.54) is 12.1 Å². The predicted molar refractivity (Wildman–Crippen MR) is 104 cm³/mol. The molecule has 1 aromatic heterocycles. The first-order valence-corrected chi connectivity index (χ1v) is 9.56. The van der Waals surface area contributed by atoms with Gasteiger partial charge >= 0.3 is 18.4 Å². The van der Waals surface area contributed by atoms with Gasteiger partial charge < -0.3 is 16.4 Å². The number of carbonyl (C=O) groups is 1. The van der Waals surface area contributed by atoms with Crippen LogP contribution < -0.4 is 21.9 Å². The number of nitrogens with zero attached hydrogens (tertiary/aromatic N) is 2. The van der Waals surface area contributed by atoms with E-state index in [1.54, 1.807) is 0 Å². The number of urea groups is 1. The average molecular weight is 471 g/mol. The van der Waals surface area contributed by atoms with E-state index in [1.807, 2.05) is 5.32 Å². The summed E-state index contributed by atoms with van der Waals surface area (Å²) < 4.78 is 81.6. The van der Waals surface area contributed by atoms with Crippen molar-refractivity contribution in [2.75, 3.05) is 11.1 Å². The number of fused-ring (bicyclic) bond motifs is 1. The van der Waals surface area contributed by atoms with Crippen LogP contribution in [0.4, 0.5) is 42.5 Å². The van der Waals surface area contributed by atoms with Crippen molar-refractivity contribution in [2.24, 2.45) is 5.92 Å². The van der Waals surface area contributed by atoms with Gasteiger partial charge in [0.25, 0.3) is 5.56 Å². The maximum atomic E-state index is 14.1. The first-order chi connectivity index (χ1) is 15.3. The molecule has 1 aromatic carbocycles. The van der Waals surface area contributed by atoms with Crippen molar-refractivity contribution in [3.05, 3.63) is 51.7 Å². The fourth-order valence-electron chi connectivity index (χ4n) is 3.38. The summed E-state index contributed by atoms with van der Waals surface area (Å²) in [5.41, 5.74) is -1.78. The van der Waals surface area contributed by atoms with E-state index in [0.29, 0.717) is 19.2 Å². The molecule has 2 heterocycles. The largest absolute Gasteiger partial charge is 0.435 e. The number of halogens is 6. The van der Waals surface area contributed by atoms with Gasteiger partial charge in [-0.15, -0.1) is 0 Å². The van der Waals surface area contributed by atoms with Gasteiger partial charge in [0.2, 0.25) is 5.54 Å². The van der Waals surface area contributed by atoms with E-state index in [2.05, 4.69) is 22.1 Å². The van der Waals surface area contributed by atoms with Crippen LogP contribution in [0.25, 0.3) is 0 Å². The summed E-state index contributed by atoms with van der Waals surface area (Å²) >= 11 is 0. The molecule has 33 heavy (non-hydrogen) atoms. The Morgan fingerprint density at radius 1 is 1.18 bits per heavy atom. The molecule has 0 bridgehead atoms. The van der Waals surface area contributed by atoms with Crippen LogP contribution in [0, 0.1) is 17.8 Å². The maximum Gasteiger partial charge on any atom is 0.435 e. The zero-order valence-electron chi connectivity index (χ0n) is 16.6. The van der Waals surface area contributed by atoms with Gasteiger partial charge in [0.05, 0.1) is 12.9 Å². The molecule has 13 heteroatoms. The van der Waals surface area contributed by atoms with Gasteiger partial charge in [-0.05, 0) is 24.5 Å². The number of hydrogen-bond donors (Lipinski definition) is 3. The second kappa shape index (κ2) is 7.43. The summed E-state index contributed by atoms with van der Waals surface area (Å²) in [6.45, 7) is -0.350. The molecule has 2 aromatic rings. The van der Waals surface area contributed by atoms with Gasteiger partial charge in [0.1, 0.15) is 5.69 Å². The molecule has 1 fully saturated rings. The highest BCUT2D eigenvalue weighted by atomic mass is 19.4. The van der Waals surface area contributed by atoms with Crippen molar-refractivity contribution in [1.29, 1.82) is 0 Å². The maximum absolute atomic E-state index is 14.1. The quantitative estimate of drug-likeness (QED) is 0.463. The fourth-order valence-corrected chi connectivity index (χ4v) is 3.38. The van der Waals surface area contributed by atoms with E-state index in [0.717, 1.165) is 10.6 Å². The van der Waals surface area contributed by atoms with Crippen LogP contribution in [0.3, 0.4) is 0 Å². The van der Waals surface area contributed by atoms with Gasteiger partial charge in [0.15, 0.2) is 5.69 Å². The molecule has 1 saturated carbocycles. The summed E-state index contributed by atoms with van der Waals surface area (Å²) in [5.74, 6) is 4.58. The first-order valence-electron chi connectivity index (χ1n) is 9.56. The van der Waals surface area contributed by atoms with Gasteiger partial charge in [-0.25, -0.2) is 9.78 Å². The number of hydrogen-bond acceptors (Lipinski definition) is 4. The molecule has 2 amide bonds. The number of nitrogen functional groups attached to an aromatic ring is 1. The Morgan fingerprint density at radius 3 is 2.48 bits per heavy atom. The Hall–Kier alpha value is -3.69. The number of nitrogens with two attached hydrogens (primary N) is 1. The smallest absolute Gasteiger partial charge is 0.392 e. The van der Waals surface area contributed by atoms with Crippen LogP contribution in [0.2, 0.25) is 0 Å². The predicted octanol–water partition coefficient (Wildman–Crippen LogP) is 3.20. The fraction of sp³-hybridized carbons (Fsp3) is 0.350. The summed E-state index contributed by atoms with van der Waals surface area (Å²) in [6.07, 6.45) is -7.86. The van der Waals surface area contributed by atoms with Crippen molar-refractivity contribution in [2.45, 2.75) is 37.3 Å². The number of nitrogens with one attached hydrogen (secondary N) is 2. The third-order valence-electron chi connectivity index (χ3n) is 5.20. The minimum absolute atomic E-state index is 0.164. The van der Waals surface area contributed by atoms with E-state index in [9.17, 15) is 35.9 Å². The van der Waals surface area contributed by atoms with Crippen LogP contribution in [0.1, 0.15) is 29.7 Å². The summed E-state index contributed by atoms with van der Waals surface area (Å²) in [5, 5.41) is 4.16. The van der Waals surface area contributed by atoms with Gasteiger partial charge in [0, 0.05) is 17.2 Å². The van der Waals surface area contributed by atoms with Gasteiger partial charge in [-0.3, -0.25) is 9.36 Å². The Morgan fingerprint density at radius 2 is 1.88 bits per heavy atom. The van der Waals surface area contributed by atoms with E-state index >= 15 is 0 Å². The number of anilines is 2. The lowest BCUT2D eigenvalue weighted by Crippen LogP contribution is -2.59. The molecule has 1 unspecified atom stereocenters. The van der Waals surface area contributed by atoms with E-state index in [4.69, 9.17) is 5.73 Å². The molecular weight excluding hydrogens is 456 g/mol. The molecule has 1 aliphatic heterocycles. The SMILES string of the molecule is Nc1c(C(F)(F)F)ncn(Cc2ccc3c(c2)NC(=O)NC3(C#CC2CC2)C(F)(F)F)c1=O. The standard InChI is InChI=1S/C20H15F6N5O2/c21-19(22,23)15-14(27)16(32)31(9-28-15)8-11-3-4-12-13(7-11)29-17(33)30-18(12,20(24,25)26)6-5-10-1-2-10/h3-4,7,9-10H,1-2,8,27H2,(H2,29,30,33). The minimum atomic E-state index is -4.94. The van der Waals surface area contributed by atoms with Crippen LogP contribution in [-0.2, 0) is 18.3 Å². The zero-order valence-corrected chi connectivity index (χ0v) is 16.6. The number of amides is 2. The molecule has 0 spiro atoms. The second-order valence-electron chi connectivity index (χ2n) is 7.69. The van der Waals surface area contributed by atoms with Crippen molar-refractivity contribution < 1.29 is 31.1 Å². The third kappa shape index (κ3) is 4.08. The molecule has 0 saturated heterocycles. The number of rotatable bonds is 2. The van der Waals surface area contributed by atoms with Crippen LogP contribution in [0.5, 0.6) is 0 Å². The highest BCUT2D eigenvalue weighted by Gasteiger charge is 2.59. The highest BCUT2D eigenvalue weighted by molar-refractivity contribution is 5.95. The lowest BCUT2D eigenvalue weighted by atomic mass is 9.85. The van der Waals surface area contributed by atoms with Crippen LogP contribution in [-0.4, -0.2) is 21.8 Å². The molecule has 4 N–H and O–H groups in total. The molecule has 1 atom stereocenters. The van der Waals surface area contributed by atoms with Crippen molar-refractivity contribution in [3.63, 3.8) is 0 Å². The lowest BCUT2D eigenvalue weighted by Gasteiger charge is -2.37. The number of aromatic nitrogens is 2. The number of carbonyl (C=O) groups excluding carboxylic acids is 1. The summed E-state index contributed by atoms with van der Waals surface area (Å²) in [6, 6.07) is 2.41. The van der Waals surface area contributed by atoms with Crippen LogP contribution in [0.15, 0.2) is 29.3 Å². The Balaban J connectivity index is 1.74. The van der Waals surface area contributed by atoms with Crippen molar-refractivity contribution >= 4 is 17.4 Å². The van der Waals surface area contributed by atoms with Crippen LogP contribution >= 0.6 is 0 Å². The monoisotopic (exact) mass is 471 g/mol. The zero-order chi connectivity index (χ0) is 24.2. The first kappa shape index (κ1) is 22.5. The highest BCUT2D eigenvalue weighted by Crippen LogP contribution is 2.44. The minimum Gasteiger partial charge on any atom is -0.392 e. The number of benzene rings is 1. The second-order valence-corrected chi connectivity index (χ2v) is 7.69. The Kier molecular flexibility index (Phi) is 5.07.